The molecule has 0 aliphatic carbocycles. The fraction of sp³-hybridized carbons (Fsp3) is 0.583. The van der Waals surface area contributed by atoms with Gasteiger partial charge in [-0.25, -0.2) is 9.18 Å². The number of nitrogens with zero attached hydrogens (tertiary/aromatic N) is 3. The second-order valence-electron chi connectivity index (χ2n) is 4.01. The number of aromatic nitrogens is 2. The first-order valence-corrected chi connectivity index (χ1v) is 6.12. The number of esters is 1. The van der Waals surface area contributed by atoms with E-state index in [0.29, 0.717) is 10.4 Å². The molecular weight excluding hydrogens is 253 g/mol. The van der Waals surface area contributed by atoms with E-state index in [0.717, 1.165) is 13.0 Å². The van der Waals surface area contributed by atoms with E-state index in [4.69, 9.17) is 0 Å². The summed E-state index contributed by atoms with van der Waals surface area (Å²) in [6.45, 7) is 4.36. The van der Waals surface area contributed by atoms with Crippen molar-refractivity contribution in [2.24, 2.45) is 0 Å². The largest absolute Gasteiger partial charge is 0.462 e. The highest BCUT2D eigenvalue weighted by atomic mass is 19.1. The summed E-state index contributed by atoms with van der Waals surface area (Å²) < 4.78 is 18.6. The molecule has 0 aromatic carbocycles. The van der Waals surface area contributed by atoms with Gasteiger partial charge in [-0.2, -0.15) is 9.78 Å². The average molecular weight is 271 g/mol. The van der Waals surface area contributed by atoms with Gasteiger partial charge in [-0.1, -0.05) is 6.92 Å². The van der Waals surface area contributed by atoms with Gasteiger partial charge in [-0.05, 0) is 13.3 Å². The third-order valence-electron chi connectivity index (χ3n) is 2.51. The maximum Gasteiger partial charge on any atom is 0.363 e. The van der Waals surface area contributed by atoms with Crippen molar-refractivity contribution in [2.75, 3.05) is 25.1 Å². The fourth-order valence-electron chi connectivity index (χ4n) is 1.56. The van der Waals surface area contributed by atoms with Crippen molar-refractivity contribution in [1.82, 2.24) is 9.78 Å². The van der Waals surface area contributed by atoms with E-state index in [1.165, 1.54) is 12.3 Å². The number of rotatable bonds is 6. The van der Waals surface area contributed by atoms with Gasteiger partial charge in [0, 0.05) is 19.7 Å². The molecule has 0 aliphatic rings. The van der Waals surface area contributed by atoms with Crippen LogP contribution in [0.25, 0.3) is 0 Å². The zero-order valence-electron chi connectivity index (χ0n) is 11.3. The molecule has 0 amide bonds. The molecule has 1 rings (SSSR count). The van der Waals surface area contributed by atoms with E-state index >= 15 is 0 Å². The molecule has 0 radical (unpaired) electrons. The fourth-order valence-corrected chi connectivity index (χ4v) is 1.56. The molecule has 6 nitrogen and oxygen atoms in total. The lowest BCUT2D eigenvalue weighted by molar-refractivity contribution is -0.153. The highest BCUT2D eigenvalue weighted by Gasteiger charge is 2.23. The van der Waals surface area contributed by atoms with Crippen LogP contribution in [0.1, 0.15) is 26.6 Å². The number of halogens is 1. The third-order valence-corrected chi connectivity index (χ3v) is 2.51. The molecule has 0 bridgehead atoms. The molecule has 7 heteroatoms. The van der Waals surface area contributed by atoms with Gasteiger partial charge in [0.2, 0.25) is 0 Å². The molecule has 1 atom stereocenters. The normalized spacial score (nSPS) is 12.0. The lowest BCUT2D eigenvalue weighted by atomic mass is 10.3. The number of alkyl halides is 1. The Morgan fingerprint density at radius 3 is 2.79 bits per heavy atom. The molecule has 0 spiro atoms. The van der Waals surface area contributed by atoms with Crippen LogP contribution in [0.5, 0.6) is 0 Å². The summed E-state index contributed by atoms with van der Waals surface area (Å²) in [7, 11) is 1.81. The Bertz CT molecular complexity index is 489. The zero-order valence-corrected chi connectivity index (χ0v) is 11.3. The first-order valence-electron chi connectivity index (χ1n) is 6.12. The number of carbonyl (C=O) groups excluding carboxylic acids is 1. The summed E-state index contributed by atoms with van der Waals surface area (Å²) in [5, 5.41) is 3.67. The summed E-state index contributed by atoms with van der Waals surface area (Å²) in [4.78, 5) is 24.8. The van der Waals surface area contributed by atoms with Gasteiger partial charge < -0.3 is 9.64 Å². The number of ether oxygens (including phenoxy) is 1. The van der Waals surface area contributed by atoms with Crippen molar-refractivity contribution in [2.45, 2.75) is 26.6 Å². The van der Waals surface area contributed by atoms with Crippen LogP contribution in [-0.2, 0) is 9.53 Å². The van der Waals surface area contributed by atoms with Crippen molar-refractivity contribution < 1.29 is 13.9 Å². The van der Waals surface area contributed by atoms with Gasteiger partial charge in [-0.15, -0.1) is 0 Å². The van der Waals surface area contributed by atoms with E-state index in [1.807, 2.05) is 18.9 Å². The lowest BCUT2D eigenvalue weighted by Crippen LogP contribution is -2.31. The minimum absolute atomic E-state index is 0.0469. The van der Waals surface area contributed by atoms with E-state index in [1.54, 1.807) is 6.92 Å². The predicted octanol–water partition coefficient (Wildman–Crippen LogP) is 1.12. The minimum atomic E-state index is -2.21. The van der Waals surface area contributed by atoms with E-state index in [9.17, 15) is 14.0 Å². The van der Waals surface area contributed by atoms with Gasteiger partial charge >= 0.3 is 5.97 Å². The topological polar surface area (TPSA) is 64.4 Å². The Morgan fingerprint density at radius 2 is 2.26 bits per heavy atom. The van der Waals surface area contributed by atoms with Gasteiger partial charge in [-0.3, -0.25) is 4.79 Å². The highest BCUT2D eigenvalue weighted by Crippen LogP contribution is 2.10. The van der Waals surface area contributed by atoms with Crippen LogP contribution in [0.4, 0.5) is 10.1 Å². The van der Waals surface area contributed by atoms with Crippen molar-refractivity contribution in [1.29, 1.82) is 0 Å². The van der Waals surface area contributed by atoms with Crippen LogP contribution >= 0.6 is 0 Å². The van der Waals surface area contributed by atoms with Gasteiger partial charge in [0.05, 0.1) is 18.5 Å². The monoisotopic (exact) mass is 271 g/mol. The van der Waals surface area contributed by atoms with Crippen LogP contribution in [0, 0.1) is 0 Å². The molecule has 0 saturated carbocycles. The molecule has 0 saturated heterocycles. The third kappa shape index (κ3) is 3.77. The Labute approximate surface area is 110 Å². The van der Waals surface area contributed by atoms with Crippen LogP contribution < -0.4 is 10.5 Å². The van der Waals surface area contributed by atoms with Crippen molar-refractivity contribution in [3.8, 4) is 0 Å². The number of anilines is 1. The lowest BCUT2D eigenvalue weighted by Gasteiger charge is -2.18. The summed E-state index contributed by atoms with van der Waals surface area (Å²) >= 11 is 0. The van der Waals surface area contributed by atoms with E-state index in [-0.39, 0.29) is 6.61 Å². The highest BCUT2D eigenvalue weighted by molar-refractivity contribution is 5.72. The Balaban J connectivity index is 2.94. The summed E-state index contributed by atoms with van der Waals surface area (Å²) in [5.41, 5.74) is -0.0971. The molecule has 106 valence electrons. The van der Waals surface area contributed by atoms with Crippen LogP contribution in [0.15, 0.2) is 17.1 Å². The van der Waals surface area contributed by atoms with E-state index in [2.05, 4.69) is 9.84 Å². The molecule has 0 aliphatic heterocycles. The number of hydrogen-bond acceptors (Lipinski definition) is 5. The maximum atomic E-state index is 13.7. The quantitative estimate of drug-likeness (QED) is 0.725. The van der Waals surface area contributed by atoms with Crippen molar-refractivity contribution in [3.05, 3.63) is 22.6 Å². The Kier molecular flexibility index (Phi) is 5.47. The smallest absolute Gasteiger partial charge is 0.363 e. The molecule has 0 N–H and O–H groups in total. The second-order valence-corrected chi connectivity index (χ2v) is 4.01. The molecule has 1 aromatic rings. The number of hydrogen-bond donors (Lipinski definition) is 0. The maximum absolute atomic E-state index is 13.7. The summed E-state index contributed by atoms with van der Waals surface area (Å²) in [6, 6.07) is 1.24. The van der Waals surface area contributed by atoms with Gasteiger partial charge in [0.15, 0.2) is 0 Å². The molecule has 1 unspecified atom stereocenters. The Hall–Kier alpha value is -1.92. The SMILES string of the molecule is CCCN(C)c1cnn(C(F)C(=O)OCC)c(=O)c1. The summed E-state index contributed by atoms with van der Waals surface area (Å²) in [5.74, 6) is -1.12. The first kappa shape index (κ1) is 15.1. The van der Waals surface area contributed by atoms with Gasteiger partial charge in [0.25, 0.3) is 11.9 Å². The molecule has 1 heterocycles. The van der Waals surface area contributed by atoms with Crippen molar-refractivity contribution >= 4 is 11.7 Å². The van der Waals surface area contributed by atoms with Crippen LogP contribution in [0.3, 0.4) is 0 Å². The molecule has 1 aromatic heterocycles. The minimum Gasteiger partial charge on any atom is -0.462 e. The van der Waals surface area contributed by atoms with Crippen LogP contribution in [0.2, 0.25) is 0 Å². The molecular formula is C12H18FN3O3. The van der Waals surface area contributed by atoms with Crippen molar-refractivity contribution in [3.63, 3.8) is 0 Å². The Morgan fingerprint density at radius 1 is 1.58 bits per heavy atom. The molecule has 0 fully saturated rings. The molecule has 19 heavy (non-hydrogen) atoms. The number of carbonyl (C=O) groups is 1. The standard InChI is InChI=1S/C12H18FN3O3/c1-4-6-15(3)9-7-10(17)16(14-8-9)11(13)12(18)19-5-2/h7-8,11H,4-6H2,1-3H3. The summed E-state index contributed by atoms with van der Waals surface area (Å²) in [6.07, 6.45) is 0.0507. The van der Waals surface area contributed by atoms with E-state index < -0.39 is 17.8 Å². The zero-order chi connectivity index (χ0) is 14.4. The van der Waals surface area contributed by atoms with Gasteiger partial charge in [0.1, 0.15) is 0 Å². The van der Waals surface area contributed by atoms with Crippen LogP contribution in [-0.4, -0.2) is 35.9 Å². The predicted molar refractivity (Wildman–Crippen MR) is 68.8 cm³/mol. The first-order chi connectivity index (χ1) is 9.01. The average Bonchev–Trinajstić information content (AvgIpc) is 2.38. The second kappa shape index (κ2) is 6.86.